The number of ether oxygens (including phenoxy) is 2. The Morgan fingerprint density at radius 1 is 1.28 bits per heavy atom. The summed E-state index contributed by atoms with van der Waals surface area (Å²) in [6.45, 7) is 3.07. The minimum absolute atomic E-state index is 0.00535. The van der Waals surface area contributed by atoms with E-state index in [1.54, 1.807) is 25.1 Å². The molecule has 0 bridgehead atoms. The molecule has 1 heterocycles. The fourth-order valence-corrected chi connectivity index (χ4v) is 2.93. The maximum Gasteiger partial charge on any atom is 0.260 e. The third kappa shape index (κ3) is 4.98. The molecule has 136 valence electrons. The van der Waals surface area contributed by atoms with Gasteiger partial charge in [0.2, 0.25) is 5.91 Å². The Labute approximate surface area is 148 Å². The van der Waals surface area contributed by atoms with E-state index in [-0.39, 0.29) is 24.3 Å². The summed E-state index contributed by atoms with van der Waals surface area (Å²) in [6.07, 6.45) is 5.29. The first-order valence-corrected chi connectivity index (χ1v) is 8.52. The number of hydrogen-bond donors (Lipinski definition) is 1. The summed E-state index contributed by atoms with van der Waals surface area (Å²) < 4.78 is 11.0. The second kappa shape index (κ2) is 9.11. The Balaban J connectivity index is 1.89. The number of nitrogens with one attached hydrogen (secondary N) is 1. The Morgan fingerprint density at radius 2 is 2.00 bits per heavy atom. The zero-order valence-corrected chi connectivity index (χ0v) is 15.1. The van der Waals surface area contributed by atoms with E-state index in [2.05, 4.69) is 5.32 Å². The number of benzene rings is 1. The van der Waals surface area contributed by atoms with Crippen molar-refractivity contribution in [3.8, 4) is 11.5 Å². The van der Waals surface area contributed by atoms with Crippen LogP contribution in [0, 0.1) is 5.92 Å². The number of allylic oxidation sites excluding steroid dienone is 1. The number of nitrogens with zero attached hydrogens (tertiary/aromatic N) is 1. The number of hydrogen-bond acceptors (Lipinski definition) is 4. The molecule has 25 heavy (non-hydrogen) atoms. The van der Waals surface area contributed by atoms with Crippen LogP contribution in [-0.4, -0.2) is 50.6 Å². The summed E-state index contributed by atoms with van der Waals surface area (Å²) in [5, 5.41) is 2.67. The highest BCUT2D eigenvalue weighted by Gasteiger charge is 2.26. The average molecular weight is 346 g/mol. The van der Waals surface area contributed by atoms with Gasteiger partial charge in [-0.25, -0.2) is 0 Å². The predicted octanol–water partition coefficient (Wildman–Crippen LogP) is 2.09. The standard InChI is InChI=1S/C19H26N2O4/c1-4-5-14-6-7-16(17(12-14)24-3)25-13-18(22)21-10-8-15(9-11-21)19(23)20-2/h4-7,12,15H,8-11,13H2,1-3H3,(H,20,23)/b5-4+. The van der Waals surface area contributed by atoms with Crippen molar-refractivity contribution in [1.29, 1.82) is 0 Å². The predicted molar refractivity (Wildman–Crippen MR) is 96.6 cm³/mol. The maximum absolute atomic E-state index is 12.3. The van der Waals surface area contributed by atoms with Crippen LogP contribution in [-0.2, 0) is 9.59 Å². The number of likely N-dealkylation sites (tertiary alicyclic amines) is 1. The molecule has 0 unspecified atom stereocenters. The molecule has 1 aromatic carbocycles. The van der Waals surface area contributed by atoms with Crippen LogP contribution in [0.5, 0.6) is 11.5 Å². The minimum atomic E-state index is -0.0741. The van der Waals surface area contributed by atoms with Gasteiger partial charge in [0.05, 0.1) is 7.11 Å². The molecule has 6 heteroatoms. The molecule has 1 aliphatic heterocycles. The van der Waals surface area contributed by atoms with Crippen molar-refractivity contribution in [2.75, 3.05) is 33.9 Å². The van der Waals surface area contributed by atoms with Crippen LogP contribution in [0.1, 0.15) is 25.3 Å². The van der Waals surface area contributed by atoms with Gasteiger partial charge < -0.3 is 19.7 Å². The molecular weight excluding hydrogens is 320 g/mol. The van der Waals surface area contributed by atoms with Gasteiger partial charge in [-0.2, -0.15) is 0 Å². The van der Waals surface area contributed by atoms with Gasteiger partial charge in [0.15, 0.2) is 18.1 Å². The number of piperidine rings is 1. The summed E-state index contributed by atoms with van der Waals surface area (Å²) in [5.74, 6) is 1.12. The van der Waals surface area contributed by atoms with Gasteiger partial charge >= 0.3 is 0 Å². The Bertz CT molecular complexity index is 634. The molecule has 0 aromatic heterocycles. The Kier molecular flexibility index (Phi) is 6.86. The van der Waals surface area contributed by atoms with Crippen molar-refractivity contribution in [3.63, 3.8) is 0 Å². The molecule has 0 atom stereocenters. The van der Waals surface area contributed by atoms with Crippen molar-refractivity contribution in [3.05, 3.63) is 29.8 Å². The van der Waals surface area contributed by atoms with E-state index in [9.17, 15) is 9.59 Å². The van der Waals surface area contributed by atoms with Gasteiger partial charge in [-0.1, -0.05) is 18.2 Å². The highest BCUT2D eigenvalue weighted by molar-refractivity contribution is 5.80. The first-order chi connectivity index (χ1) is 12.1. The van der Waals surface area contributed by atoms with Crippen molar-refractivity contribution < 1.29 is 19.1 Å². The molecular formula is C19H26N2O4. The van der Waals surface area contributed by atoms with Crippen LogP contribution < -0.4 is 14.8 Å². The van der Waals surface area contributed by atoms with E-state index < -0.39 is 0 Å². The third-order valence-electron chi connectivity index (χ3n) is 4.36. The number of carbonyl (C=O) groups is 2. The zero-order valence-electron chi connectivity index (χ0n) is 15.1. The van der Waals surface area contributed by atoms with E-state index >= 15 is 0 Å². The van der Waals surface area contributed by atoms with Crippen molar-refractivity contribution in [2.45, 2.75) is 19.8 Å². The number of rotatable bonds is 6. The maximum atomic E-state index is 12.3. The van der Waals surface area contributed by atoms with Gasteiger partial charge in [0.25, 0.3) is 5.91 Å². The number of amides is 2. The molecule has 1 aliphatic rings. The average Bonchev–Trinajstić information content (AvgIpc) is 2.66. The quantitative estimate of drug-likeness (QED) is 0.856. The largest absolute Gasteiger partial charge is 0.493 e. The topological polar surface area (TPSA) is 67.9 Å². The second-order valence-electron chi connectivity index (χ2n) is 5.97. The van der Waals surface area contributed by atoms with Gasteiger partial charge in [-0.05, 0) is 37.5 Å². The van der Waals surface area contributed by atoms with Crippen molar-refractivity contribution in [2.24, 2.45) is 5.92 Å². The molecule has 0 spiro atoms. The van der Waals surface area contributed by atoms with Crippen LogP contribution in [0.2, 0.25) is 0 Å². The lowest BCUT2D eigenvalue weighted by molar-refractivity contribution is -0.137. The molecule has 1 saturated heterocycles. The SMILES string of the molecule is C/C=C/c1ccc(OCC(=O)N2CCC(C(=O)NC)CC2)c(OC)c1. The second-order valence-corrected chi connectivity index (χ2v) is 5.97. The Morgan fingerprint density at radius 3 is 2.60 bits per heavy atom. The first-order valence-electron chi connectivity index (χ1n) is 8.52. The lowest BCUT2D eigenvalue weighted by Gasteiger charge is -2.31. The summed E-state index contributed by atoms with van der Waals surface area (Å²) in [6, 6.07) is 5.59. The van der Waals surface area contributed by atoms with E-state index in [1.807, 2.05) is 31.2 Å². The van der Waals surface area contributed by atoms with E-state index in [4.69, 9.17) is 9.47 Å². The van der Waals surface area contributed by atoms with E-state index in [1.165, 1.54) is 0 Å². The van der Waals surface area contributed by atoms with Crippen LogP contribution in [0.4, 0.5) is 0 Å². The summed E-state index contributed by atoms with van der Waals surface area (Å²) >= 11 is 0. The highest BCUT2D eigenvalue weighted by atomic mass is 16.5. The molecule has 1 N–H and O–H groups in total. The smallest absolute Gasteiger partial charge is 0.260 e. The first kappa shape index (κ1) is 18.8. The van der Waals surface area contributed by atoms with Crippen molar-refractivity contribution in [1.82, 2.24) is 10.2 Å². The van der Waals surface area contributed by atoms with Crippen LogP contribution >= 0.6 is 0 Å². The van der Waals surface area contributed by atoms with Crippen LogP contribution in [0.3, 0.4) is 0 Å². The Hall–Kier alpha value is -2.50. The molecule has 0 aliphatic carbocycles. The molecule has 2 rings (SSSR count). The fraction of sp³-hybridized carbons (Fsp3) is 0.474. The molecule has 1 aromatic rings. The molecule has 6 nitrogen and oxygen atoms in total. The summed E-state index contributed by atoms with van der Waals surface area (Å²) in [4.78, 5) is 25.7. The monoisotopic (exact) mass is 346 g/mol. The fourth-order valence-electron chi connectivity index (χ4n) is 2.93. The molecule has 0 saturated carbocycles. The lowest BCUT2D eigenvalue weighted by atomic mass is 9.96. The van der Waals surface area contributed by atoms with E-state index in [0.29, 0.717) is 37.4 Å². The zero-order chi connectivity index (χ0) is 18.2. The van der Waals surface area contributed by atoms with Crippen molar-refractivity contribution >= 4 is 17.9 Å². The van der Waals surface area contributed by atoms with E-state index in [0.717, 1.165) is 5.56 Å². The van der Waals surface area contributed by atoms with Gasteiger partial charge in [0, 0.05) is 26.1 Å². The van der Waals surface area contributed by atoms with Gasteiger partial charge in [-0.3, -0.25) is 9.59 Å². The minimum Gasteiger partial charge on any atom is -0.493 e. The summed E-state index contributed by atoms with van der Waals surface area (Å²) in [5.41, 5.74) is 1.01. The van der Waals surface area contributed by atoms with Crippen LogP contribution in [0.15, 0.2) is 24.3 Å². The number of carbonyl (C=O) groups excluding carboxylic acids is 2. The van der Waals surface area contributed by atoms with Crippen LogP contribution in [0.25, 0.3) is 6.08 Å². The molecule has 0 radical (unpaired) electrons. The third-order valence-corrected chi connectivity index (χ3v) is 4.36. The van der Waals surface area contributed by atoms with Gasteiger partial charge in [-0.15, -0.1) is 0 Å². The molecule has 1 fully saturated rings. The van der Waals surface area contributed by atoms with Gasteiger partial charge in [0.1, 0.15) is 0 Å². The lowest BCUT2D eigenvalue weighted by Crippen LogP contribution is -2.44. The normalized spacial score (nSPS) is 15.2. The summed E-state index contributed by atoms with van der Waals surface area (Å²) in [7, 11) is 3.22. The highest BCUT2D eigenvalue weighted by Crippen LogP contribution is 2.28. The number of methoxy groups -OCH3 is 1. The molecule has 2 amide bonds.